The Balaban J connectivity index is 0.000000483. The van der Waals surface area contributed by atoms with Crippen LogP contribution in [0, 0.1) is 0 Å². The van der Waals surface area contributed by atoms with Gasteiger partial charge in [0.15, 0.2) is 0 Å². The fourth-order valence-electron chi connectivity index (χ4n) is 3.84. The summed E-state index contributed by atoms with van der Waals surface area (Å²) in [5.74, 6) is 0. The van der Waals surface area contributed by atoms with Crippen molar-refractivity contribution in [1.82, 2.24) is 0 Å². The minimum Gasteiger partial charge on any atom is -0.0810 e. The summed E-state index contributed by atoms with van der Waals surface area (Å²) < 4.78 is 0. The molecule has 0 N–H and O–H groups in total. The van der Waals surface area contributed by atoms with Gasteiger partial charge in [-0.1, -0.05) is 124 Å². The van der Waals surface area contributed by atoms with Crippen molar-refractivity contribution in [2.24, 2.45) is 0 Å². The van der Waals surface area contributed by atoms with Crippen LogP contribution in [0.2, 0.25) is 78.6 Å². The molecule has 0 saturated heterocycles. The summed E-state index contributed by atoms with van der Waals surface area (Å²) in [6.07, 6.45) is 12.0. The monoisotopic (exact) mass is 471 g/mol. The second-order valence-electron chi connectivity index (χ2n) is 12.0. The van der Waals surface area contributed by atoms with Gasteiger partial charge >= 0.3 is 0 Å². The molecule has 0 unspecified atom stereocenters. The molecule has 0 atom stereocenters. The molecule has 0 aliphatic heterocycles. The standard InChI is InChI=1S/2C11H22Si2.V/c2*1-12(2,3)10-8-7-9-11(10)13(4,5)6;/h2*7-8H,9H2,1-6H3;. The molecule has 2 rings (SSSR count). The van der Waals surface area contributed by atoms with Crippen LogP contribution in [0.1, 0.15) is 12.8 Å². The molecule has 0 aromatic carbocycles. The number of allylic oxidation sites excluding steroid dienone is 8. The maximum Gasteiger partial charge on any atom is 0.0770 e. The Morgan fingerprint density at radius 1 is 0.481 bits per heavy atom. The Hall–Kier alpha value is 0.412. The van der Waals surface area contributed by atoms with Crippen molar-refractivity contribution in [2.75, 3.05) is 0 Å². The van der Waals surface area contributed by atoms with Crippen molar-refractivity contribution in [3.8, 4) is 0 Å². The molecule has 2 aliphatic carbocycles. The Kier molecular flexibility index (Phi) is 9.63. The average Bonchev–Trinajstić information content (AvgIpc) is 3.06. The molecule has 0 saturated carbocycles. The second-order valence-corrected chi connectivity index (χ2v) is 32.3. The van der Waals surface area contributed by atoms with Crippen molar-refractivity contribution in [3.05, 3.63) is 45.1 Å². The maximum atomic E-state index is 2.47. The van der Waals surface area contributed by atoms with Crippen molar-refractivity contribution < 1.29 is 18.6 Å². The summed E-state index contributed by atoms with van der Waals surface area (Å²) in [5.41, 5.74) is 0. The molecule has 0 amide bonds. The molecule has 5 heteroatoms. The van der Waals surface area contributed by atoms with E-state index in [9.17, 15) is 0 Å². The average molecular weight is 472 g/mol. The first-order valence-corrected chi connectivity index (χ1v) is 24.3. The van der Waals surface area contributed by atoms with Gasteiger partial charge in [-0.05, 0) is 12.8 Å². The fraction of sp³-hybridized carbons (Fsp3) is 0.636. The van der Waals surface area contributed by atoms with E-state index >= 15 is 0 Å². The summed E-state index contributed by atoms with van der Waals surface area (Å²) in [5, 5.41) is 7.11. The van der Waals surface area contributed by atoms with E-state index in [4.69, 9.17) is 0 Å². The molecule has 0 bridgehead atoms. The van der Waals surface area contributed by atoms with Gasteiger partial charge in [0.1, 0.15) is 0 Å². The third-order valence-electron chi connectivity index (χ3n) is 5.29. The Labute approximate surface area is 186 Å². The normalized spacial score (nSPS) is 17.9. The molecular weight excluding hydrogens is 428 g/mol. The van der Waals surface area contributed by atoms with E-state index in [0.29, 0.717) is 0 Å². The van der Waals surface area contributed by atoms with E-state index in [-0.39, 0.29) is 18.6 Å². The van der Waals surface area contributed by atoms with Crippen LogP contribution in [0.15, 0.2) is 45.1 Å². The van der Waals surface area contributed by atoms with E-state index in [1.807, 2.05) is 10.4 Å². The topological polar surface area (TPSA) is 0 Å². The first-order chi connectivity index (χ1) is 11.5. The smallest absolute Gasteiger partial charge is 0.0770 e. The summed E-state index contributed by atoms with van der Waals surface area (Å²) in [6.45, 7) is 29.5. The molecule has 1 radical (unpaired) electrons. The van der Waals surface area contributed by atoms with Crippen LogP contribution >= 0.6 is 0 Å². The zero-order valence-electron chi connectivity index (χ0n) is 20.2. The molecule has 0 aromatic rings. The van der Waals surface area contributed by atoms with Gasteiger partial charge in [0.05, 0.1) is 32.3 Å². The molecule has 0 fully saturated rings. The van der Waals surface area contributed by atoms with Crippen LogP contribution in [0.4, 0.5) is 0 Å². The van der Waals surface area contributed by atoms with Gasteiger partial charge < -0.3 is 0 Å². The molecule has 0 aromatic heterocycles. The maximum absolute atomic E-state index is 2.47. The van der Waals surface area contributed by atoms with Crippen LogP contribution in [-0.4, -0.2) is 32.3 Å². The first-order valence-electron chi connectivity index (χ1n) is 10.3. The molecule has 153 valence electrons. The fourth-order valence-corrected chi connectivity index (χ4v) is 14.8. The van der Waals surface area contributed by atoms with Crippen LogP contribution in [0.25, 0.3) is 0 Å². The third kappa shape index (κ3) is 7.98. The van der Waals surface area contributed by atoms with Crippen molar-refractivity contribution in [3.63, 3.8) is 0 Å². The van der Waals surface area contributed by atoms with Crippen molar-refractivity contribution in [2.45, 2.75) is 91.4 Å². The summed E-state index contributed by atoms with van der Waals surface area (Å²) in [4.78, 5) is 0. The Morgan fingerprint density at radius 3 is 0.889 bits per heavy atom. The van der Waals surface area contributed by atoms with Gasteiger partial charge in [-0.3, -0.25) is 0 Å². The molecular formula is C22H44Si4V. The van der Waals surface area contributed by atoms with E-state index in [1.54, 1.807) is 10.4 Å². The zero-order valence-corrected chi connectivity index (χ0v) is 25.6. The molecule has 0 spiro atoms. The van der Waals surface area contributed by atoms with Gasteiger partial charge in [0.25, 0.3) is 0 Å². The predicted molar refractivity (Wildman–Crippen MR) is 135 cm³/mol. The van der Waals surface area contributed by atoms with E-state index in [0.717, 1.165) is 0 Å². The van der Waals surface area contributed by atoms with Crippen LogP contribution < -0.4 is 0 Å². The quantitative estimate of drug-likeness (QED) is 0.364. The van der Waals surface area contributed by atoms with Gasteiger partial charge in [0.2, 0.25) is 0 Å². The third-order valence-corrected chi connectivity index (χ3v) is 14.5. The molecule has 27 heavy (non-hydrogen) atoms. The van der Waals surface area contributed by atoms with Crippen LogP contribution in [-0.2, 0) is 18.6 Å². The number of rotatable bonds is 4. The predicted octanol–water partition coefficient (Wildman–Crippen LogP) is 7.99. The second kappa shape index (κ2) is 9.48. The van der Waals surface area contributed by atoms with Crippen molar-refractivity contribution in [1.29, 1.82) is 0 Å². The first kappa shape index (κ1) is 27.4. The molecule has 0 nitrogen and oxygen atoms in total. The minimum absolute atomic E-state index is 0. The summed E-state index contributed by atoms with van der Waals surface area (Å²) in [6, 6.07) is 0. The van der Waals surface area contributed by atoms with E-state index in [2.05, 4.69) is 103 Å². The number of hydrogen-bond acceptors (Lipinski definition) is 0. The largest absolute Gasteiger partial charge is 0.0810 e. The van der Waals surface area contributed by atoms with Gasteiger partial charge in [-0.2, -0.15) is 0 Å². The van der Waals surface area contributed by atoms with E-state index < -0.39 is 32.3 Å². The Morgan fingerprint density at radius 2 is 0.741 bits per heavy atom. The zero-order chi connectivity index (χ0) is 20.6. The molecule has 0 heterocycles. The minimum atomic E-state index is -1.07. The van der Waals surface area contributed by atoms with E-state index in [1.165, 1.54) is 12.8 Å². The van der Waals surface area contributed by atoms with Gasteiger partial charge in [-0.25, -0.2) is 0 Å². The van der Waals surface area contributed by atoms with Gasteiger partial charge in [0, 0.05) is 18.6 Å². The summed E-state index contributed by atoms with van der Waals surface area (Å²) >= 11 is 0. The van der Waals surface area contributed by atoms with Crippen LogP contribution in [0.5, 0.6) is 0 Å². The number of hydrogen-bond donors (Lipinski definition) is 0. The SMILES string of the molecule is C[Si](C)(C)C1=C([Si](C)(C)C)CC=C1.C[Si](C)(C)C1=C([Si](C)(C)C)CC=C1.[V]. The van der Waals surface area contributed by atoms with Crippen LogP contribution in [0.3, 0.4) is 0 Å². The van der Waals surface area contributed by atoms with Crippen molar-refractivity contribution >= 4 is 32.3 Å². The molecule has 2 aliphatic rings. The summed E-state index contributed by atoms with van der Waals surface area (Å²) in [7, 11) is -4.23. The Bertz CT molecular complexity index is 582. The van der Waals surface area contributed by atoms with Gasteiger partial charge in [-0.15, -0.1) is 0 Å².